The smallest absolute Gasteiger partial charge is 0.0896 e. The first-order valence-electron chi connectivity index (χ1n) is 5.72. The van der Waals surface area contributed by atoms with E-state index in [2.05, 4.69) is 17.1 Å². The number of nitrogen functional groups attached to an aromatic ring is 1. The molecular weight excluding hydrogens is 212 g/mol. The fraction of sp³-hybridized carbons (Fsp3) is 0.214. The van der Waals surface area contributed by atoms with Gasteiger partial charge in [0.05, 0.1) is 6.10 Å². The Morgan fingerprint density at radius 3 is 2.88 bits per heavy atom. The third-order valence-corrected chi connectivity index (χ3v) is 3.48. The van der Waals surface area contributed by atoms with E-state index in [0.29, 0.717) is 5.69 Å². The second kappa shape index (κ2) is 3.86. The molecule has 0 radical (unpaired) electrons. The monoisotopic (exact) mass is 226 g/mol. The van der Waals surface area contributed by atoms with Crippen molar-refractivity contribution >= 4 is 5.69 Å². The van der Waals surface area contributed by atoms with Gasteiger partial charge in [0.25, 0.3) is 0 Å². The summed E-state index contributed by atoms with van der Waals surface area (Å²) in [5.41, 5.74) is 9.74. The highest BCUT2D eigenvalue weighted by Crippen LogP contribution is 2.44. The van der Waals surface area contributed by atoms with Gasteiger partial charge in [0.2, 0.25) is 0 Å². The van der Waals surface area contributed by atoms with Gasteiger partial charge in [0, 0.05) is 29.6 Å². The minimum atomic E-state index is -0.557. The van der Waals surface area contributed by atoms with Gasteiger partial charge in [-0.05, 0) is 23.6 Å². The first-order valence-corrected chi connectivity index (χ1v) is 5.72. The number of aromatic nitrogens is 1. The molecule has 3 nitrogen and oxygen atoms in total. The number of nitrogens with zero attached hydrogens (tertiary/aromatic N) is 1. The van der Waals surface area contributed by atoms with E-state index in [9.17, 15) is 5.11 Å². The summed E-state index contributed by atoms with van der Waals surface area (Å²) in [7, 11) is 0. The zero-order chi connectivity index (χ0) is 11.8. The zero-order valence-corrected chi connectivity index (χ0v) is 9.38. The van der Waals surface area contributed by atoms with Gasteiger partial charge in [-0.15, -0.1) is 0 Å². The van der Waals surface area contributed by atoms with E-state index >= 15 is 0 Å². The van der Waals surface area contributed by atoms with Crippen LogP contribution in [0.4, 0.5) is 5.69 Å². The average molecular weight is 226 g/mol. The fourth-order valence-corrected chi connectivity index (χ4v) is 2.46. The molecule has 0 spiro atoms. The minimum absolute atomic E-state index is 0.151. The van der Waals surface area contributed by atoms with Crippen molar-refractivity contribution in [2.75, 3.05) is 5.73 Å². The number of hydrogen-bond donors (Lipinski definition) is 2. The number of nitrogens with two attached hydrogens (primary N) is 1. The predicted octanol–water partition coefficient (Wildman–Crippen LogP) is 2.04. The maximum absolute atomic E-state index is 10.3. The van der Waals surface area contributed by atoms with Crippen LogP contribution < -0.4 is 5.73 Å². The highest BCUT2D eigenvalue weighted by Gasteiger charge is 2.33. The molecule has 2 aromatic rings. The molecule has 3 heteroatoms. The fourth-order valence-electron chi connectivity index (χ4n) is 2.46. The first kappa shape index (κ1) is 10.3. The van der Waals surface area contributed by atoms with Gasteiger partial charge in [-0.1, -0.05) is 24.3 Å². The number of pyridine rings is 1. The molecule has 0 aliphatic heterocycles. The van der Waals surface area contributed by atoms with Crippen LogP contribution in [0, 0.1) is 0 Å². The molecular formula is C14H14N2O. The molecule has 2 atom stereocenters. The minimum Gasteiger partial charge on any atom is -0.398 e. The predicted molar refractivity (Wildman–Crippen MR) is 66.5 cm³/mol. The van der Waals surface area contributed by atoms with Crippen LogP contribution in [0.1, 0.15) is 28.7 Å². The van der Waals surface area contributed by atoms with Gasteiger partial charge in [0.15, 0.2) is 0 Å². The number of benzene rings is 1. The quantitative estimate of drug-likeness (QED) is 0.823. The van der Waals surface area contributed by atoms with E-state index in [1.165, 1.54) is 11.1 Å². The number of aliphatic hydroxyl groups excluding tert-OH is 1. The van der Waals surface area contributed by atoms with Gasteiger partial charge < -0.3 is 10.8 Å². The summed E-state index contributed by atoms with van der Waals surface area (Å²) in [4.78, 5) is 4.02. The Labute approximate surface area is 99.9 Å². The highest BCUT2D eigenvalue weighted by molar-refractivity contribution is 5.49. The summed E-state index contributed by atoms with van der Waals surface area (Å²) in [6, 6.07) is 9.93. The van der Waals surface area contributed by atoms with E-state index in [0.717, 1.165) is 12.0 Å². The molecule has 1 aromatic carbocycles. The van der Waals surface area contributed by atoms with Crippen molar-refractivity contribution in [1.82, 2.24) is 4.98 Å². The molecule has 0 fully saturated rings. The van der Waals surface area contributed by atoms with Gasteiger partial charge in [-0.25, -0.2) is 0 Å². The van der Waals surface area contributed by atoms with Crippen LogP contribution in [0.5, 0.6) is 0 Å². The molecule has 1 heterocycles. The summed E-state index contributed by atoms with van der Waals surface area (Å²) in [5.74, 6) is 0.151. The van der Waals surface area contributed by atoms with Crippen molar-refractivity contribution in [2.24, 2.45) is 0 Å². The lowest BCUT2D eigenvalue weighted by Gasteiger charge is -2.34. The number of anilines is 1. The van der Waals surface area contributed by atoms with Crippen LogP contribution >= 0.6 is 0 Å². The van der Waals surface area contributed by atoms with Crippen LogP contribution in [-0.4, -0.2) is 10.1 Å². The Kier molecular flexibility index (Phi) is 2.34. The summed E-state index contributed by atoms with van der Waals surface area (Å²) >= 11 is 0. The second-order valence-electron chi connectivity index (χ2n) is 4.46. The Bertz CT molecular complexity index is 553. The SMILES string of the molecule is Nc1ccncc1C(O)C1Cc2ccccc21. The van der Waals surface area contributed by atoms with Crippen molar-refractivity contribution in [3.8, 4) is 0 Å². The summed E-state index contributed by atoms with van der Waals surface area (Å²) in [6.45, 7) is 0. The molecule has 3 rings (SSSR count). The Balaban J connectivity index is 1.91. The van der Waals surface area contributed by atoms with E-state index < -0.39 is 6.10 Å². The van der Waals surface area contributed by atoms with Crippen molar-refractivity contribution < 1.29 is 5.11 Å². The normalized spacial score (nSPS) is 19.2. The number of fused-ring (bicyclic) bond motifs is 1. The van der Waals surface area contributed by atoms with E-state index in [4.69, 9.17) is 5.73 Å². The summed E-state index contributed by atoms with van der Waals surface area (Å²) in [5, 5.41) is 10.3. The number of hydrogen-bond acceptors (Lipinski definition) is 3. The van der Waals surface area contributed by atoms with Crippen LogP contribution in [0.15, 0.2) is 42.7 Å². The van der Waals surface area contributed by atoms with Crippen LogP contribution in [0.3, 0.4) is 0 Å². The lowest BCUT2D eigenvalue weighted by atomic mass is 9.73. The molecule has 2 unspecified atom stereocenters. The van der Waals surface area contributed by atoms with Crippen molar-refractivity contribution in [2.45, 2.75) is 18.4 Å². The zero-order valence-electron chi connectivity index (χ0n) is 9.38. The van der Waals surface area contributed by atoms with Crippen LogP contribution in [0.2, 0.25) is 0 Å². The first-order chi connectivity index (χ1) is 8.27. The number of rotatable bonds is 2. The average Bonchev–Trinajstić information content (AvgIpc) is 2.31. The summed E-state index contributed by atoms with van der Waals surface area (Å²) in [6.07, 6.45) is 3.64. The maximum Gasteiger partial charge on any atom is 0.0896 e. The van der Waals surface area contributed by atoms with Crippen molar-refractivity contribution in [3.63, 3.8) is 0 Å². The summed E-state index contributed by atoms with van der Waals surface area (Å²) < 4.78 is 0. The topological polar surface area (TPSA) is 59.1 Å². The lowest BCUT2D eigenvalue weighted by Crippen LogP contribution is -2.24. The molecule has 3 N–H and O–H groups in total. The van der Waals surface area contributed by atoms with E-state index in [1.54, 1.807) is 18.5 Å². The molecule has 0 saturated carbocycles. The van der Waals surface area contributed by atoms with Gasteiger partial charge in [0.1, 0.15) is 0 Å². The maximum atomic E-state index is 10.3. The molecule has 86 valence electrons. The van der Waals surface area contributed by atoms with E-state index in [1.807, 2.05) is 12.1 Å². The van der Waals surface area contributed by atoms with Crippen LogP contribution in [-0.2, 0) is 6.42 Å². The molecule has 17 heavy (non-hydrogen) atoms. The van der Waals surface area contributed by atoms with Gasteiger partial charge >= 0.3 is 0 Å². The Hall–Kier alpha value is -1.87. The highest BCUT2D eigenvalue weighted by atomic mass is 16.3. The third-order valence-electron chi connectivity index (χ3n) is 3.48. The lowest BCUT2D eigenvalue weighted by molar-refractivity contribution is 0.135. The van der Waals surface area contributed by atoms with E-state index in [-0.39, 0.29) is 5.92 Å². The second-order valence-corrected chi connectivity index (χ2v) is 4.46. The van der Waals surface area contributed by atoms with Crippen molar-refractivity contribution in [1.29, 1.82) is 0 Å². The van der Waals surface area contributed by atoms with Crippen molar-refractivity contribution in [3.05, 3.63) is 59.4 Å². The van der Waals surface area contributed by atoms with Crippen LogP contribution in [0.25, 0.3) is 0 Å². The Morgan fingerprint density at radius 1 is 1.29 bits per heavy atom. The standard InChI is InChI=1S/C14H14N2O/c15-13-5-6-16-8-12(13)14(17)11-7-9-3-1-2-4-10(9)11/h1-6,8,11,14,17H,7H2,(H2,15,16). The molecule has 1 aliphatic carbocycles. The molecule has 0 amide bonds. The third kappa shape index (κ3) is 1.59. The number of aliphatic hydroxyl groups is 1. The molecule has 1 aliphatic rings. The largest absolute Gasteiger partial charge is 0.398 e. The molecule has 1 aromatic heterocycles. The molecule has 0 bridgehead atoms. The van der Waals surface area contributed by atoms with Gasteiger partial charge in [-0.2, -0.15) is 0 Å². The van der Waals surface area contributed by atoms with Gasteiger partial charge in [-0.3, -0.25) is 4.98 Å². The Morgan fingerprint density at radius 2 is 2.12 bits per heavy atom. The molecule has 0 saturated heterocycles.